The van der Waals surface area contributed by atoms with E-state index >= 15 is 0 Å². The van der Waals surface area contributed by atoms with Crippen LogP contribution in [0.1, 0.15) is 6.92 Å². The zero-order valence-corrected chi connectivity index (χ0v) is 15.1. The minimum Gasteiger partial charge on any atom is -0.497 e. The highest BCUT2D eigenvalue weighted by molar-refractivity contribution is 8.00. The molecule has 4 rings (SSSR count). The fraction of sp³-hybridized carbons (Fsp3) is 0.222. The summed E-state index contributed by atoms with van der Waals surface area (Å²) >= 11 is 1.36. The number of anilines is 1. The first-order valence-corrected chi connectivity index (χ1v) is 8.91. The molecule has 8 heteroatoms. The lowest BCUT2D eigenvalue weighted by molar-refractivity contribution is -0.115. The van der Waals surface area contributed by atoms with Crippen LogP contribution in [0.2, 0.25) is 0 Å². The third-order valence-corrected chi connectivity index (χ3v) is 4.95. The number of aromatic nitrogens is 2. The topological polar surface area (TPSA) is 85.5 Å². The Morgan fingerprint density at radius 1 is 1.27 bits per heavy atom. The van der Waals surface area contributed by atoms with E-state index in [1.54, 1.807) is 25.3 Å². The second-order valence-electron chi connectivity index (χ2n) is 5.74. The molecule has 0 saturated carbocycles. The highest BCUT2D eigenvalue weighted by atomic mass is 32.2. The van der Waals surface area contributed by atoms with Crippen LogP contribution >= 0.6 is 11.8 Å². The van der Waals surface area contributed by atoms with E-state index in [9.17, 15) is 4.79 Å². The zero-order valence-electron chi connectivity index (χ0n) is 14.2. The van der Waals surface area contributed by atoms with Crippen LogP contribution in [0, 0.1) is 0 Å². The summed E-state index contributed by atoms with van der Waals surface area (Å²) in [5.74, 6) is 1.95. The van der Waals surface area contributed by atoms with Gasteiger partial charge in [-0.1, -0.05) is 11.8 Å². The summed E-state index contributed by atoms with van der Waals surface area (Å²) in [7, 11) is 1.62. The van der Waals surface area contributed by atoms with E-state index in [1.165, 1.54) is 11.8 Å². The molecule has 0 fully saturated rings. The molecule has 1 amide bonds. The first-order valence-electron chi connectivity index (χ1n) is 8.03. The van der Waals surface area contributed by atoms with Crippen molar-refractivity contribution in [3.63, 3.8) is 0 Å². The van der Waals surface area contributed by atoms with E-state index in [-0.39, 0.29) is 18.0 Å². The van der Waals surface area contributed by atoms with Crippen LogP contribution in [0.25, 0.3) is 11.0 Å². The number of rotatable bonds is 5. The minimum atomic E-state index is -0.331. The van der Waals surface area contributed by atoms with Gasteiger partial charge in [0.15, 0.2) is 16.7 Å². The van der Waals surface area contributed by atoms with Gasteiger partial charge in [0.2, 0.25) is 12.7 Å². The molecule has 0 saturated heterocycles. The summed E-state index contributed by atoms with van der Waals surface area (Å²) in [6.07, 6.45) is 0. The van der Waals surface area contributed by atoms with Gasteiger partial charge in [0.1, 0.15) is 5.75 Å². The van der Waals surface area contributed by atoms with Gasteiger partial charge < -0.3 is 24.5 Å². The second kappa shape index (κ2) is 6.80. The van der Waals surface area contributed by atoms with Gasteiger partial charge in [-0.25, -0.2) is 4.98 Å². The molecule has 0 bridgehead atoms. The lowest BCUT2D eigenvalue weighted by Crippen LogP contribution is -2.22. The van der Waals surface area contributed by atoms with Gasteiger partial charge in [-0.2, -0.15) is 0 Å². The summed E-state index contributed by atoms with van der Waals surface area (Å²) < 4.78 is 15.8. The summed E-state index contributed by atoms with van der Waals surface area (Å²) in [5.41, 5.74) is 2.37. The molecule has 1 aliphatic heterocycles. The molecule has 3 aromatic rings. The number of nitrogens with one attached hydrogen (secondary N) is 2. The number of hydrogen-bond donors (Lipinski definition) is 2. The largest absolute Gasteiger partial charge is 0.497 e. The van der Waals surface area contributed by atoms with Crippen molar-refractivity contribution in [2.45, 2.75) is 17.3 Å². The number of benzene rings is 2. The van der Waals surface area contributed by atoms with E-state index in [0.717, 1.165) is 16.8 Å². The first kappa shape index (κ1) is 16.6. The number of carbonyl (C=O) groups is 1. The number of aromatic amines is 1. The fourth-order valence-corrected chi connectivity index (χ4v) is 3.41. The summed E-state index contributed by atoms with van der Waals surface area (Å²) in [6, 6.07) is 10.9. The van der Waals surface area contributed by atoms with Gasteiger partial charge in [-0.15, -0.1) is 0 Å². The van der Waals surface area contributed by atoms with E-state index in [4.69, 9.17) is 14.2 Å². The Kier molecular flexibility index (Phi) is 4.34. The van der Waals surface area contributed by atoms with E-state index in [1.807, 2.05) is 25.1 Å². The predicted octanol–water partition coefficient (Wildman–Crippen LogP) is 3.42. The van der Waals surface area contributed by atoms with Crippen molar-refractivity contribution in [3.8, 4) is 17.2 Å². The number of H-pyrrole nitrogens is 1. The molecule has 2 heterocycles. The molecule has 26 heavy (non-hydrogen) atoms. The Bertz CT molecular complexity index is 972. The van der Waals surface area contributed by atoms with Gasteiger partial charge in [-0.05, 0) is 31.2 Å². The molecule has 0 spiro atoms. The number of fused-ring (bicyclic) bond motifs is 2. The normalized spacial score (nSPS) is 13.6. The van der Waals surface area contributed by atoms with Gasteiger partial charge in [0.25, 0.3) is 0 Å². The Morgan fingerprint density at radius 3 is 2.96 bits per heavy atom. The Hall–Kier alpha value is -2.87. The minimum absolute atomic E-state index is 0.119. The van der Waals surface area contributed by atoms with Crippen molar-refractivity contribution in [1.82, 2.24) is 9.97 Å². The van der Waals surface area contributed by atoms with Crippen molar-refractivity contribution in [2.75, 3.05) is 19.2 Å². The number of nitrogens with zero attached hydrogens (tertiary/aromatic N) is 1. The molecule has 0 aliphatic carbocycles. The number of amides is 1. The number of hydrogen-bond acceptors (Lipinski definition) is 6. The van der Waals surface area contributed by atoms with Crippen molar-refractivity contribution < 1.29 is 19.0 Å². The standard InChI is InChI=1S/C18H17N3O4S/c1-10(17(22)19-11-3-6-15-16(7-11)25-9-24-15)26-18-20-13-5-4-12(23-2)8-14(13)21-18/h3-8,10H,9H2,1-2H3,(H,19,22)(H,20,21)/t10-/m1/s1. The van der Waals surface area contributed by atoms with Crippen LogP contribution in [-0.2, 0) is 4.79 Å². The Morgan fingerprint density at radius 2 is 2.12 bits per heavy atom. The monoisotopic (exact) mass is 371 g/mol. The van der Waals surface area contributed by atoms with Gasteiger partial charge >= 0.3 is 0 Å². The third kappa shape index (κ3) is 3.28. The molecular weight excluding hydrogens is 354 g/mol. The van der Waals surface area contributed by atoms with Crippen molar-refractivity contribution in [1.29, 1.82) is 0 Å². The van der Waals surface area contributed by atoms with E-state index < -0.39 is 0 Å². The van der Waals surface area contributed by atoms with Crippen LogP contribution in [0.3, 0.4) is 0 Å². The Labute approximate surface area is 154 Å². The SMILES string of the molecule is COc1ccc2nc(S[C@H](C)C(=O)Nc3ccc4c(c3)OCO4)[nH]c2c1. The van der Waals surface area contributed by atoms with Gasteiger partial charge in [0.05, 0.1) is 23.4 Å². The van der Waals surface area contributed by atoms with Crippen molar-refractivity contribution in [3.05, 3.63) is 36.4 Å². The molecule has 134 valence electrons. The fourth-order valence-electron chi connectivity index (χ4n) is 2.59. The molecule has 1 aliphatic rings. The molecule has 0 unspecified atom stereocenters. The van der Waals surface area contributed by atoms with Gasteiger partial charge in [0, 0.05) is 17.8 Å². The van der Waals surface area contributed by atoms with Crippen LogP contribution in [0.15, 0.2) is 41.6 Å². The van der Waals surface area contributed by atoms with Crippen molar-refractivity contribution in [2.24, 2.45) is 0 Å². The maximum atomic E-state index is 12.5. The molecule has 1 atom stereocenters. The summed E-state index contributed by atoms with van der Waals surface area (Å²) in [5, 5.41) is 3.24. The number of imidazole rings is 1. The maximum Gasteiger partial charge on any atom is 0.237 e. The molecule has 2 N–H and O–H groups in total. The van der Waals surface area contributed by atoms with Crippen LogP contribution < -0.4 is 19.5 Å². The zero-order chi connectivity index (χ0) is 18.1. The quantitative estimate of drug-likeness (QED) is 0.669. The van der Waals surface area contributed by atoms with E-state index in [0.29, 0.717) is 22.3 Å². The predicted molar refractivity (Wildman–Crippen MR) is 99.2 cm³/mol. The molecule has 7 nitrogen and oxygen atoms in total. The lowest BCUT2D eigenvalue weighted by atomic mass is 10.2. The van der Waals surface area contributed by atoms with Crippen molar-refractivity contribution >= 4 is 34.4 Å². The maximum absolute atomic E-state index is 12.5. The van der Waals surface area contributed by atoms with Crippen LogP contribution in [0.4, 0.5) is 5.69 Å². The smallest absolute Gasteiger partial charge is 0.237 e. The van der Waals surface area contributed by atoms with Gasteiger partial charge in [-0.3, -0.25) is 4.79 Å². The van der Waals surface area contributed by atoms with Crippen LogP contribution in [0.5, 0.6) is 17.2 Å². The third-order valence-electron chi connectivity index (χ3n) is 3.97. The first-order chi connectivity index (χ1) is 12.6. The van der Waals surface area contributed by atoms with E-state index in [2.05, 4.69) is 15.3 Å². The summed E-state index contributed by atoms with van der Waals surface area (Å²) in [6.45, 7) is 2.04. The number of thioether (sulfide) groups is 1. The summed E-state index contributed by atoms with van der Waals surface area (Å²) in [4.78, 5) is 20.2. The molecule has 1 aromatic heterocycles. The lowest BCUT2D eigenvalue weighted by Gasteiger charge is -2.11. The number of ether oxygens (including phenoxy) is 3. The van der Waals surface area contributed by atoms with Crippen LogP contribution in [-0.4, -0.2) is 35.0 Å². The number of methoxy groups -OCH3 is 1. The highest BCUT2D eigenvalue weighted by Gasteiger charge is 2.19. The molecular formula is C18H17N3O4S. The highest BCUT2D eigenvalue weighted by Crippen LogP contribution is 2.34. The average Bonchev–Trinajstić information content (AvgIpc) is 3.26. The molecule has 2 aromatic carbocycles. The number of carbonyl (C=O) groups excluding carboxylic acids is 1. The average molecular weight is 371 g/mol. The second-order valence-corrected chi connectivity index (χ2v) is 7.07. The molecule has 0 radical (unpaired) electrons. The Balaban J connectivity index is 1.44.